The van der Waals surface area contributed by atoms with E-state index in [1.54, 1.807) is 23.6 Å². The Morgan fingerprint density at radius 2 is 2.15 bits per heavy atom. The smallest absolute Gasteiger partial charge is 0.158 e. The van der Waals surface area contributed by atoms with Crippen LogP contribution in [0.15, 0.2) is 34.6 Å². The van der Waals surface area contributed by atoms with Crippen LogP contribution in [0.5, 0.6) is 5.75 Å². The van der Waals surface area contributed by atoms with Crippen LogP contribution in [-0.4, -0.2) is 9.48 Å². The quantitative estimate of drug-likeness (QED) is 0.663. The van der Waals surface area contributed by atoms with Gasteiger partial charge in [0.2, 0.25) is 0 Å². The molecular weight excluding hydrogens is 290 g/mol. The molecular formula is C14H13N3OS2. The van der Waals surface area contributed by atoms with Crippen LogP contribution in [0.3, 0.4) is 0 Å². The van der Waals surface area contributed by atoms with Gasteiger partial charge in [-0.2, -0.15) is 4.37 Å². The second kappa shape index (κ2) is 5.30. The van der Waals surface area contributed by atoms with Gasteiger partial charge in [-0.3, -0.25) is 0 Å². The first kappa shape index (κ1) is 13.2. The minimum absolute atomic E-state index is 0.318. The molecule has 0 aliphatic carbocycles. The van der Waals surface area contributed by atoms with Crippen LogP contribution >= 0.6 is 22.9 Å². The van der Waals surface area contributed by atoms with Crippen LogP contribution in [0.4, 0.5) is 10.7 Å². The molecule has 102 valence electrons. The van der Waals surface area contributed by atoms with Crippen molar-refractivity contribution in [2.45, 2.75) is 20.3 Å². The zero-order valence-corrected chi connectivity index (χ0v) is 12.8. The van der Waals surface area contributed by atoms with Crippen LogP contribution in [-0.2, 0) is 6.42 Å². The number of hydrogen-bond acceptors (Lipinski definition) is 6. The number of azo groups is 1. The van der Waals surface area contributed by atoms with Gasteiger partial charge >= 0.3 is 0 Å². The topological polar surface area (TPSA) is 57.8 Å². The normalized spacial score (nSPS) is 11.7. The van der Waals surface area contributed by atoms with Gasteiger partial charge < -0.3 is 5.11 Å². The van der Waals surface area contributed by atoms with Crippen LogP contribution in [0.25, 0.3) is 10.1 Å². The Morgan fingerprint density at radius 3 is 2.85 bits per heavy atom. The number of fused-ring (bicyclic) bond motifs is 1. The number of aryl methyl sites for hydroxylation is 2. The maximum Gasteiger partial charge on any atom is 0.158 e. The Labute approximate surface area is 124 Å². The van der Waals surface area contributed by atoms with Gasteiger partial charge in [0, 0.05) is 16.5 Å². The van der Waals surface area contributed by atoms with E-state index in [-0.39, 0.29) is 0 Å². The van der Waals surface area contributed by atoms with Crippen molar-refractivity contribution in [2.75, 3.05) is 0 Å². The first-order valence-electron chi connectivity index (χ1n) is 6.26. The molecule has 1 N–H and O–H groups in total. The third kappa shape index (κ3) is 2.32. The summed E-state index contributed by atoms with van der Waals surface area (Å²) in [5.74, 6) is 0.318. The van der Waals surface area contributed by atoms with Crippen molar-refractivity contribution < 1.29 is 5.11 Å². The van der Waals surface area contributed by atoms with Gasteiger partial charge in [0.15, 0.2) is 5.00 Å². The van der Waals surface area contributed by atoms with E-state index in [1.807, 2.05) is 26.0 Å². The Bertz CT molecular complexity index is 775. The Hall–Kier alpha value is -1.79. The van der Waals surface area contributed by atoms with Crippen molar-refractivity contribution in [1.29, 1.82) is 0 Å². The largest absolute Gasteiger partial charge is 0.507 e. The fraction of sp³-hybridized carbons (Fsp3) is 0.214. The molecule has 20 heavy (non-hydrogen) atoms. The highest BCUT2D eigenvalue weighted by Gasteiger charge is 2.13. The summed E-state index contributed by atoms with van der Waals surface area (Å²) >= 11 is 2.95. The molecule has 3 aromatic rings. The zero-order valence-electron chi connectivity index (χ0n) is 11.1. The first-order valence-corrected chi connectivity index (χ1v) is 7.85. The lowest BCUT2D eigenvalue weighted by atomic mass is 10.1. The number of thiophene rings is 1. The molecule has 0 fully saturated rings. The Balaban J connectivity index is 2.19. The summed E-state index contributed by atoms with van der Waals surface area (Å²) in [7, 11) is 0. The van der Waals surface area contributed by atoms with Crippen LogP contribution in [0.1, 0.15) is 17.4 Å². The van der Waals surface area contributed by atoms with E-state index in [1.165, 1.54) is 11.5 Å². The summed E-state index contributed by atoms with van der Waals surface area (Å²) in [6, 6.07) is 5.60. The lowest BCUT2D eigenvalue weighted by Crippen LogP contribution is -1.82. The van der Waals surface area contributed by atoms with Crippen molar-refractivity contribution in [1.82, 2.24) is 4.37 Å². The number of aromatic hydroxyl groups is 1. The van der Waals surface area contributed by atoms with Gasteiger partial charge in [-0.25, -0.2) is 0 Å². The number of aromatic nitrogens is 1. The maximum absolute atomic E-state index is 10.1. The highest BCUT2D eigenvalue weighted by Crippen LogP contribution is 2.42. The van der Waals surface area contributed by atoms with E-state index in [2.05, 4.69) is 14.6 Å². The van der Waals surface area contributed by atoms with Crippen molar-refractivity contribution in [3.8, 4) is 5.75 Å². The maximum atomic E-state index is 10.1. The summed E-state index contributed by atoms with van der Waals surface area (Å²) < 4.78 is 5.00. The molecule has 4 nitrogen and oxygen atoms in total. The average Bonchev–Trinajstić information content (AvgIpc) is 3.06. The molecule has 0 saturated carbocycles. The lowest BCUT2D eigenvalue weighted by Gasteiger charge is -2.05. The van der Waals surface area contributed by atoms with E-state index in [0.29, 0.717) is 5.75 Å². The highest BCUT2D eigenvalue weighted by atomic mass is 32.1. The van der Waals surface area contributed by atoms with E-state index in [0.717, 1.165) is 37.6 Å². The van der Waals surface area contributed by atoms with E-state index in [9.17, 15) is 5.11 Å². The van der Waals surface area contributed by atoms with Crippen LogP contribution in [0.2, 0.25) is 0 Å². The van der Waals surface area contributed by atoms with Crippen LogP contribution < -0.4 is 0 Å². The van der Waals surface area contributed by atoms with Crippen molar-refractivity contribution in [2.24, 2.45) is 10.2 Å². The predicted octanol–water partition coefficient (Wildman–Crippen LogP) is 5.35. The fourth-order valence-corrected chi connectivity index (χ4v) is 3.55. The molecule has 0 aliphatic heterocycles. The monoisotopic (exact) mass is 303 g/mol. The van der Waals surface area contributed by atoms with E-state index < -0.39 is 0 Å². The van der Waals surface area contributed by atoms with E-state index >= 15 is 0 Å². The SMILES string of the molecule is CCc1cc(O)c2cc(C)sc2c1/N=N/c1ccns1. The van der Waals surface area contributed by atoms with Crippen molar-refractivity contribution in [3.05, 3.63) is 34.8 Å². The summed E-state index contributed by atoms with van der Waals surface area (Å²) in [4.78, 5) is 1.15. The molecule has 0 atom stereocenters. The molecule has 6 heteroatoms. The number of hydrogen-bond donors (Lipinski definition) is 1. The van der Waals surface area contributed by atoms with Gasteiger partial charge in [-0.15, -0.1) is 21.6 Å². The molecule has 0 bridgehead atoms. The summed E-state index contributed by atoms with van der Waals surface area (Å²) in [6.07, 6.45) is 2.51. The summed E-state index contributed by atoms with van der Waals surface area (Å²) in [5, 5.41) is 20.4. The average molecular weight is 303 g/mol. The number of nitrogens with zero attached hydrogens (tertiary/aromatic N) is 3. The number of rotatable bonds is 3. The number of phenols is 1. The van der Waals surface area contributed by atoms with E-state index in [4.69, 9.17) is 0 Å². The molecule has 2 heterocycles. The van der Waals surface area contributed by atoms with Crippen LogP contribution in [0, 0.1) is 6.92 Å². The Kier molecular flexibility index (Phi) is 3.50. The predicted molar refractivity (Wildman–Crippen MR) is 83.9 cm³/mol. The number of benzene rings is 1. The third-order valence-corrected chi connectivity index (χ3v) is 4.70. The first-order chi connectivity index (χ1) is 9.69. The lowest BCUT2D eigenvalue weighted by molar-refractivity contribution is 0.481. The molecule has 0 amide bonds. The molecule has 0 aliphatic rings. The van der Waals surface area contributed by atoms with Gasteiger partial charge in [0.05, 0.1) is 4.70 Å². The standard InChI is InChI=1S/C14H13N3OS2/c1-3-9-7-11(18)10-6-8(2)19-14(10)13(9)17-16-12-4-5-15-20-12/h4-7,18H,3H2,1-2H3/b17-16+. The number of phenolic OH excluding ortho intramolecular Hbond substituents is 1. The summed E-state index contributed by atoms with van der Waals surface area (Å²) in [5.41, 5.74) is 1.86. The molecule has 3 rings (SSSR count). The van der Waals surface area contributed by atoms with Crippen molar-refractivity contribution >= 4 is 43.6 Å². The molecule has 1 aromatic carbocycles. The second-order valence-electron chi connectivity index (χ2n) is 4.41. The fourth-order valence-electron chi connectivity index (χ4n) is 2.08. The second-order valence-corrected chi connectivity index (χ2v) is 6.48. The van der Waals surface area contributed by atoms with Gasteiger partial charge in [0.25, 0.3) is 0 Å². The third-order valence-electron chi connectivity index (χ3n) is 3.02. The molecule has 0 radical (unpaired) electrons. The van der Waals surface area contributed by atoms with Gasteiger partial charge in [-0.05, 0) is 48.6 Å². The minimum atomic E-state index is 0.318. The van der Waals surface area contributed by atoms with Gasteiger partial charge in [0.1, 0.15) is 11.4 Å². The molecule has 0 spiro atoms. The van der Waals surface area contributed by atoms with Crippen molar-refractivity contribution in [3.63, 3.8) is 0 Å². The minimum Gasteiger partial charge on any atom is -0.507 e. The molecule has 2 aromatic heterocycles. The van der Waals surface area contributed by atoms with Gasteiger partial charge in [-0.1, -0.05) is 6.92 Å². The highest BCUT2D eigenvalue weighted by molar-refractivity contribution is 7.19. The zero-order chi connectivity index (χ0) is 14.1. The molecule has 0 saturated heterocycles. The Morgan fingerprint density at radius 1 is 1.30 bits per heavy atom. The summed E-state index contributed by atoms with van der Waals surface area (Å²) in [6.45, 7) is 4.08. The molecule has 0 unspecified atom stereocenters.